The second kappa shape index (κ2) is 7.20. The third-order valence-corrected chi connectivity index (χ3v) is 2.62. The maximum Gasteiger partial charge on any atom is 0.165 e. The summed E-state index contributed by atoms with van der Waals surface area (Å²) in [4.78, 5) is 11.3. The van der Waals surface area contributed by atoms with Crippen LogP contribution in [0.25, 0.3) is 0 Å². The molecule has 1 saturated heterocycles. The Bertz CT molecular complexity index is 329. The summed E-state index contributed by atoms with van der Waals surface area (Å²) in [5, 5.41) is 11.5. The van der Waals surface area contributed by atoms with Crippen LogP contribution < -0.4 is 5.32 Å². The molecule has 0 bridgehead atoms. The Morgan fingerprint density at radius 1 is 1.35 bits per heavy atom. The van der Waals surface area contributed by atoms with Crippen molar-refractivity contribution in [2.24, 2.45) is 5.92 Å². The molecule has 1 aliphatic heterocycles. The number of hydrogen-bond donors (Lipinski definition) is 2. The quantitative estimate of drug-likeness (QED) is 0.773. The summed E-state index contributed by atoms with van der Waals surface area (Å²) in [6.45, 7) is 4.81. The summed E-state index contributed by atoms with van der Waals surface area (Å²) in [5.41, 5.74) is 0.808. The highest BCUT2D eigenvalue weighted by molar-refractivity contribution is 5.97. The van der Waals surface area contributed by atoms with E-state index in [0.717, 1.165) is 24.9 Å². The predicted octanol–water partition coefficient (Wildman–Crippen LogP) is 2.21. The number of ketones is 1. The van der Waals surface area contributed by atoms with E-state index < -0.39 is 0 Å². The van der Waals surface area contributed by atoms with Crippen LogP contribution in [0.15, 0.2) is 30.3 Å². The Hall–Kier alpha value is -1.19. The molecule has 94 valence electrons. The minimum atomic E-state index is -0.204. The van der Waals surface area contributed by atoms with Gasteiger partial charge in [-0.15, -0.1) is 0 Å². The van der Waals surface area contributed by atoms with Gasteiger partial charge in [0, 0.05) is 11.5 Å². The first-order valence-electron chi connectivity index (χ1n) is 6.12. The van der Waals surface area contributed by atoms with E-state index in [0.29, 0.717) is 0 Å². The number of aliphatic hydroxyl groups is 1. The van der Waals surface area contributed by atoms with Crippen molar-refractivity contribution in [3.05, 3.63) is 35.9 Å². The average Bonchev–Trinajstić information content (AvgIpc) is 2.81. The molecule has 0 radical (unpaired) electrons. The third-order valence-electron chi connectivity index (χ3n) is 2.62. The lowest BCUT2D eigenvalue weighted by Gasteiger charge is -2.01. The van der Waals surface area contributed by atoms with Crippen molar-refractivity contribution >= 4 is 5.78 Å². The standard InChI is InChI=1S/C10H12O.C4H9NO/c1-8(2)10(11)9-6-4-3-5-7-9;6-4-2-1-3-5-4/h3-8H,1-2H3;4-6H,1-3H2. The molecule has 3 heteroatoms. The Labute approximate surface area is 103 Å². The van der Waals surface area contributed by atoms with Gasteiger partial charge in [-0.2, -0.15) is 0 Å². The molecule has 1 atom stereocenters. The average molecular weight is 235 g/mol. The van der Waals surface area contributed by atoms with Crippen LogP contribution in [-0.2, 0) is 0 Å². The summed E-state index contributed by atoms with van der Waals surface area (Å²) in [6, 6.07) is 9.38. The lowest BCUT2D eigenvalue weighted by molar-refractivity contribution is 0.0939. The van der Waals surface area contributed by atoms with E-state index in [-0.39, 0.29) is 17.9 Å². The van der Waals surface area contributed by atoms with Gasteiger partial charge in [0.15, 0.2) is 5.78 Å². The number of benzene rings is 1. The molecule has 0 aliphatic carbocycles. The van der Waals surface area contributed by atoms with Gasteiger partial charge in [-0.05, 0) is 19.4 Å². The zero-order valence-electron chi connectivity index (χ0n) is 10.5. The topological polar surface area (TPSA) is 49.3 Å². The fraction of sp³-hybridized carbons (Fsp3) is 0.500. The van der Waals surface area contributed by atoms with Crippen molar-refractivity contribution in [1.29, 1.82) is 0 Å². The first kappa shape index (κ1) is 13.9. The minimum Gasteiger partial charge on any atom is -0.379 e. The second-order valence-electron chi connectivity index (χ2n) is 4.50. The number of hydrogen-bond acceptors (Lipinski definition) is 3. The maximum absolute atomic E-state index is 11.3. The molecule has 1 fully saturated rings. The molecular formula is C14H21NO2. The summed E-state index contributed by atoms with van der Waals surface area (Å²) in [7, 11) is 0. The zero-order valence-corrected chi connectivity index (χ0v) is 10.5. The Kier molecular flexibility index (Phi) is 5.87. The number of rotatable bonds is 2. The first-order chi connectivity index (χ1) is 8.11. The van der Waals surface area contributed by atoms with E-state index in [1.807, 2.05) is 44.2 Å². The van der Waals surface area contributed by atoms with E-state index >= 15 is 0 Å². The van der Waals surface area contributed by atoms with Crippen LogP contribution in [0.1, 0.15) is 37.0 Å². The van der Waals surface area contributed by atoms with Crippen molar-refractivity contribution in [2.75, 3.05) is 6.54 Å². The number of carbonyl (C=O) groups is 1. The van der Waals surface area contributed by atoms with Gasteiger partial charge in [-0.1, -0.05) is 44.2 Å². The zero-order chi connectivity index (χ0) is 12.7. The van der Waals surface area contributed by atoms with Gasteiger partial charge in [0.25, 0.3) is 0 Å². The smallest absolute Gasteiger partial charge is 0.165 e. The van der Waals surface area contributed by atoms with Crippen molar-refractivity contribution in [3.63, 3.8) is 0 Å². The molecule has 1 heterocycles. The highest BCUT2D eigenvalue weighted by Gasteiger charge is 2.08. The molecule has 3 nitrogen and oxygen atoms in total. The van der Waals surface area contributed by atoms with Gasteiger partial charge >= 0.3 is 0 Å². The van der Waals surface area contributed by atoms with E-state index in [1.165, 1.54) is 0 Å². The van der Waals surface area contributed by atoms with E-state index in [4.69, 9.17) is 5.11 Å². The van der Waals surface area contributed by atoms with Crippen molar-refractivity contribution < 1.29 is 9.90 Å². The van der Waals surface area contributed by atoms with Crippen LogP contribution in [0.3, 0.4) is 0 Å². The van der Waals surface area contributed by atoms with Crippen molar-refractivity contribution in [2.45, 2.75) is 32.9 Å². The van der Waals surface area contributed by atoms with E-state index in [2.05, 4.69) is 5.32 Å². The van der Waals surface area contributed by atoms with Crippen LogP contribution in [0, 0.1) is 5.92 Å². The van der Waals surface area contributed by atoms with E-state index in [1.54, 1.807) is 0 Å². The van der Waals surface area contributed by atoms with Gasteiger partial charge in [-0.3, -0.25) is 10.1 Å². The highest BCUT2D eigenvalue weighted by atomic mass is 16.3. The van der Waals surface area contributed by atoms with Gasteiger partial charge in [-0.25, -0.2) is 0 Å². The molecule has 0 aromatic heterocycles. The van der Waals surface area contributed by atoms with Crippen LogP contribution >= 0.6 is 0 Å². The SMILES string of the molecule is CC(C)C(=O)c1ccccc1.OC1CCCN1. The Morgan fingerprint density at radius 3 is 2.35 bits per heavy atom. The first-order valence-corrected chi connectivity index (χ1v) is 6.12. The summed E-state index contributed by atoms with van der Waals surface area (Å²) in [5.74, 6) is 0.308. The summed E-state index contributed by atoms with van der Waals surface area (Å²) in [6.07, 6.45) is 1.85. The normalized spacial score (nSPS) is 18.7. The van der Waals surface area contributed by atoms with Crippen LogP contribution in [0.5, 0.6) is 0 Å². The van der Waals surface area contributed by atoms with Gasteiger partial charge < -0.3 is 5.11 Å². The van der Waals surface area contributed by atoms with Crippen LogP contribution in [0.2, 0.25) is 0 Å². The molecule has 1 unspecified atom stereocenters. The largest absolute Gasteiger partial charge is 0.379 e. The summed E-state index contributed by atoms with van der Waals surface area (Å²) >= 11 is 0. The predicted molar refractivity (Wildman–Crippen MR) is 68.9 cm³/mol. The molecular weight excluding hydrogens is 214 g/mol. The number of aliphatic hydroxyl groups excluding tert-OH is 1. The lowest BCUT2D eigenvalue weighted by atomic mass is 10.0. The molecule has 17 heavy (non-hydrogen) atoms. The number of carbonyl (C=O) groups excluding carboxylic acids is 1. The second-order valence-corrected chi connectivity index (χ2v) is 4.50. The van der Waals surface area contributed by atoms with Gasteiger partial charge in [0.05, 0.1) is 0 Å². The molecule has 0 saturated carbocycles. The molecule has 2 N–H and O–H groups in total. The Morgan fingerprint density at radius 2 is 2.00 bits per heavy atom. The molecule has 1 aliphatic rings. The molecule has 1 aromatic rings. The number of nitrogens with one attached hydrogen (secondary N) is 1. The third kappa shape index (κ3) is 5.11. The molecule has 0 amide bonds. The molecule has 0 spiro atoms. The maximum atomic E-state index is 11.3. The van der Waals surface area contributed by atoms with Crippen molar-refractivity contribution in [3.8, 4) is 0 Å². The number of Topliss-reactive ketones (excluding diaryl/α,β-unsaturated/α-hetero) is 1. The Balaban J connectivity index is 0.000000202. The van der Waals surface area contributed by atoms with Crippen LogP contribution in [0.4, 0.5) is 0 Å². The highest BCUT2D eigenvalue weighted by Crippen LogP contribution is 2.06. The van der Waals surface area contributed by atoms with Crippen LogP contribution in [-0.4, -0.2) is 23.7 Å². The van der Waals surface area contributed by atoms with Gasteiger partial charge in [0.2, 0.25) is 0 Å². The van der Waals surface area contributed by atoms with Crippen molar-refractivity contribution in [1.82, 2.24) is 5.32 Å². The monoisotopic (exact) mass is 235 g/mol. The fourth-order valence-corrected chi connectivity index (χ4v) is 1.60. The lowest BCUT2D eigenvalue weighted by Crippen LogP contribution is -2.19. The minimum absolute atomic E-state index is 0.0948. The van der Waals surface area contributed by atoms with Gasteiger partial charge in [0.1, 0.15) is 6.23 Å². The fourth-order valence-electron chi connectivity index (χ4n) is 1.60. The van der Waals surface area contributed by atoms with E-state index in [9.17, 15) is 4.79 Å². The summed E-state index contributed by atoms with van der Waals surface area (Å²) < 4.78 is 0. The molecule has 1 aromatic carbocycles. The molecule has 2 rings (SSSR count).